The molecular formula is C23H23F2N3O3. The lowest BCUT2D eigenvalue weighted by Crippen LogP contribution is -2.47. The van der Waals surface area contributed by atoms with Gasteiger partial charge in [-0.15, -0.1) is 0 Å². The lowest BCUT2D eigenvalue weighted by atomic mass is 10.0. The van der Waals surface area contributed by atoms with Crippen molar-refractivity contribution in [3.8, 4) is 5.75 Å². The molecule has 8 heteroatoms. The summed E-state index contributed by atoms with van der Waals surface area (Å²) in [5.41, 5.74) is 0.734. The molecule has 2 aromatic rings. The van der Waals surface area contributed by atoms with Crippen molar-refractivity contribution in [1.82, 2.24) is 9.80 Å². The highest BCUT2D eigenvalue weighted by Crippen LogP contribution is 2.36. The van der Waals surface area contributed by atoms with Gasteiger partial charge < -0.3 is 14.5 Å². The average Bonchev–Trinajstić information content (AvgIpc) is 3.04. The molecule has 0 saturated carbocycles. The maximum atomic E-state index is 14.5. The molecule has 2 aromatic carbocycles. The molecular weight excluding hydrogens is 404 g/mol. The van der Waals surface area contributed by atoms with E-state index in [0.29, 0.717) is 30.5 Å². The fourth-order valence-electron chi connectivity index (χ4n) is 4.00. The van der Waals surface area contributed by atoms with Gasteiger partial charge in [0.15, 0.2) is 0 Å². The zero-order chi connectivity index (χ0) is 22.1. The van der Waals surface area contributed by atoms with E-state index in [-0.39, 0.29) is 17.0 Å². The molecule has 2 aliphatic rings. The predicted molar refractivity (Wildman–Crippen MR) is 112 cm³/mol. The van der Waals surface area contributed by atoms with Crippen molar-refractivity contribution in [3.05, 3.63) is 65.4 Å². The van der Waals surface area contributed by atoms with Crippen molar-refractivity contribution in [1.29, 1.82) is 0 Å². The first-order valence-electron chi connectivity index (χ1n) is 10.1. The number of imide groups is 1. The van der Waals surface area contributed by atoms with E-state index < -0.39 is 23.4 Å². The summed E-state index contributed by atoms with van der Waals surface area (Å²) in [7, 11) is 1.54. The first-order valence-corrected chi connectivity index (χ1v) is 10.1. The first-order chi connectivity index (χ1) is 14.9. The third-order valence-electron chi connectivity index (χ3n) is 5.72. The number of halogens is 2. The molecule has 0 aliphatic carbocycles. The van der Waals surface area contributed by atoms with Gasteiger partial charge in [0.25, 0.3) is 11.8 Å². The van der Waals surface area contributed by atoms with Crippen LogP contribution in [0.3, 0.4) is 0 Å². The number of methoxy groups -OCH3 is 1. The van der Waals surface area contributed by atoms with Crippen molar-refractivity contribution < 1.29 is 23.1 Å². The fourth-order valence-corrected chi connectivity index (χ4v) is 4.00. The van der Waals surface area contributed by atoms with Crippen LogP contribution >= 0.6 is 0 Å². The highest BCUT2D eigenvalue weighted by Gasteiger charge is 2.43. The van der Waals surface area contributed by atoms with Crippen LogP contribution in [0.1, 0.15) is 12.5 Å². The molecule has 0 unspecified atom stereocenters. The number of piperazine rings is 1. The van der Waals surface area contributed by atoms with Gasteiger partial charge in [0.05, 0.1) is 18.4 Å². The van der Waals surface area contributed by atoms with Gasteiger partial charge in [-0.3, -0.25) is 9.59 Å². The Labute approximate surface area is 179 Å². The van der Waals surface area contributed by atoms with E-state index in [1.807, 2.05) is 4.90 Å². The normalized spacial score (nSPS) is 17.7. The smallest absolute Gasteiger partial charge is 0.282 e. The zero-order valence-corrected chi connectivity index (χ0v) is 17.4. The molecule has 4 rings (SSSR count). The molecule has 1 fully saturated rings. The molecule has 162 valence electrons. The summed E-state index contributed by atoms with van der Waals surface area (Å²) in [5, 5.41) is 0. The summed E-state index contributed by atoms with van der Waals surface area (Å²) in [5.74, 6) is -2.37. The van der Waals surface area contributed by atoms with Crippen molar-refractivity contribution in [2.24, 2.45) is 0 Å². The number of likely N-dealkylation sites (N-methyl/N-ethyl adjacent to an activating group) is 1. The third kappa shape index (κ3) is 3.79. The van der Waals surface area contributed by atoms with Crippen molar-refractivity contribution in [2.75, 3.05) is 44.7 Å². The molecule has 0 bridgehead atoms. The molecule has 2 heterocycles. The van der Waals surface area contributed by atoms with Crippen LogP contribution in [0.5, 0.6) is 5.75 Å². The number of benzene rings is 2. The van der Waals surface area contributed by atoms with E-state index in [1.165, 1.54) is 7.11 Å². The van der Waals surface area contributed by atoms with Crippen molar-refractivity contribution in [3.63, 3.8) is 0 Å². The molecule has 2 amide bonds. The van der Waals surface area contributed by atoms with Crippen LogP contribution < -0.4 is 9.64 Å². The second kappa shape index (κ2) is 8.47. The molecule has 2 aliphatic heterocycles. The Morgan fingerprint density at radius 3 is 2.19 bits per heavy atom. The molecule has 6 nitrogen and oxygen atoms in total. The number of rotatable bonds is 5. The standard InChI is InChI=1S/C23H23F2N3O3/c1-3-26-10-12-27(13-11-26)21-20(15-4-7-17(31-2)8-5-15)22(29)28(23(21)30)19-9-6-16(24)14-18(19)25/h4-9,14H,3,10-13H2,1-2H3. The predicted octanol–water partition coefficient (Wildman–Crippen LogP) is 2.90. The maximum Gasteiger partial charge on any atom is 0.282 e. The summed E-state index contributed by atoms with van der Waals surface area (Å²) >= 11 is 0. The van der Waals surface area contributed by atoms with Crippen LogP contribution in [-0.2, 0) is 9.59 Å². The topological polar surface area (TPSA) is 53.1 Å². The SMILES string of the molecule is CCN1CCN(C2=C(c3ccc(OC)cc3)C(=O)N(c3ccc(F)cc3F)C2=O)CC1. The molecule has 0 spiro atoms. The Bertz CT molecular complexity index is 1040. The van der Waals surface area contributed by atoms with Gasteiger partial charge in [-0.05, 0) is 36.4 Å². The van der Waals surface area contributed by atoms with Crippen LogP contribution in [0, 0.1) is 11.6 Å². The van der Waals surface area contributed by atoms with Gasteiger partial charge in [-0.25, -0.2) is 13.7 Å². The van der Waals surface area contributed by atoms with Crippen LogP contribution in [-0.4, -0.2) is 61.4 Å². The lowest BCUT2D eigenvalue weighted by molar-refractivity contribution is -0.120. The number of hydrogen-bond acceptors (Lipinski definition) is 5. The highest BCUT2D eigenvalue weighted by atomic mass is 19.1. The Balaban J connectivity index is 1.79. The molecule has 0 N–H and O–H groups in total. The quantitative estimate of drug-likeness (QED) is 0.687. The summed E-state index contributed by atoms with van der Waals surface area (Å²) < 4.78 is 33.1. The second-order valence-electron chi connectivity index (χ2n) is 7.41. The number of nitrogens with zero attached hydrogens (tertiary/aromatic N) is 3. The fraction of sp³-hybridized carbons (Fsp3) is 0.304. The molecule has 1 saturated heterocycles. The molecule has 0 radical (unpaired) electrons. The largest absolute Gasteiger partial charge is 0.497 e. The average molecular weight is 427 g/mol. The Morgan fingerprint density at radius 2 is 1.61 bits per heavy atom. The minimum absolute atomic E-state index is 0.210. The second-order valence-corrected chi connectivity index (χ2v) is 7.41. The number of carbonyl (C=O) groups excluding carboxylic acids is 2. The van der Waals surface area contributed by atoms with Crippen LogP contribution in [0.15, 0.2) is 48.2 Å². The maximum absolute atomic E-state index is 14.5. The van der Waals surface area contributed by atoms with Gasteiger partial charge in [0.1, 0.15) is 23.1 Å². The van der Waals surface area contributed by atoms with E-state index in [4.69, 9.17) is 4.74 Å². The lowest BCUT2D eigenvalue weighted by Gasteiger charge is -2.36. The van der Waals surface area contributed by atoms with Crippen LogP contribution in [0.2, 0.25) is 0 Å². The Hall–Kier alpha value is -3.26. The number of amides is 2. The van der Waals surface area contributed by atoms with Gasteiger partial charge in [-0.2, -0.15) is 0 Å². The van der Waals surface area contributed by atoms with E-state index in [2.05, 4.69) is 11.8 Å². The van der Waals surface area contributed by atoms with Crippen molar-refractivity contribution >= 4 is 23.1 Å². The molecule has 0 atom stereocenters. The van der Waals surface area contributed by atoms with Crippen molar-refractivity contribution in [2.45, 2.75) is 6.92 Å². The highest BCUT2D eigenvalue weighted by molar-refractivity contribution is 6.45. The number of ether oxygens (including phenoxy) is 1. The Morgan fingerprint density at radius 1 is 0.935 bits per heavy atom. The van der Waals surface area contributed by atoms with E-state index in [9.17, 15) is 18.4 Å². The minimum atomic E-state index is -0.965. The number of anilines is 1. The van der Waals surface area contributed by atoms with E-state index >= 15 is 0 Å². The molecule has 31 heavy (non-hydrogen) atoms. The van der Waals surface area contributed by atoms with E-state index in [0.717, 1.165) is 36.7 Å². The summed E-state index contributed by atoms with van der Waals surface area (Å²) in [6, 6.07) is 9.62. The molecule has 0 aromatic heterocycles. The number of carbonyl (C=O) groups is 2. The summed E-state index contributed by atoms with van der Waals surface area (Å²) in [6.07, 6.45) is 0. The Kier molecular flexibility index (Phi) is 5.73. The van der Waals surface area contributed by atoms with Gasteiger partial charge in [0, 0.05) is 32.2 Å². The van der Waals surface area contributed by atoms with Crippen LogP contribution in [0.4, 0.5) is 14.5 Å². The van der Waals surface area contributed by atoms with Crippen LogP contribution in [0.25, 0.3) is 5.57 Å². The van der Waals surface area contributed by atoms with Gasteiger partial charge in [-0.1, -0.05) is 19.1 Å². The van der Waals surface area contributed by atoms with Gasteiger partial charge in [0.2, 0.25) is 0 Å². The summed E-state index contributed by atoms with van der Waals surface area (Å²) in [4.78, 5) is 31.8. The zero-order valence-electron chi connectivity index (χ0n) is 17.4. The minimum Gasteiger partial charge on any atom is -0.497 e. The summed E-state index contributed by atoms with van der Waals surface area (Å²) in [6.45, 7) is 5.62. The third-order valence-corrected chi connectivity index (χ3v) is 5.72. The van der Waals surface area contributed by atoms with Gasteiger partial charge >= 0.3 is 0 Å². The monoisotopic (exact) mass is 427 g/mol. The van der Waals surface area contributed by atoms with E-state index in [1.54, 1.807) is 24.3 Å². The number of hydrogen-bond donors (Lipinski definition) is 0. The first kappa shape index (κ1) is 21.0.